The number of hydrogen-bond donors (Lipinski definition) is 0. The first-order chi connectivity index (χ1) is 13.8. The lowest BCUT2D eigenvalue weighted by molar-refractivity contribution is 0.101. The standard InChI is InChI=1S/C21H12BrClO5S/c22-14-3-8-17(9-4-14)29(25,26)28-16-7-10-18-19(12-16)27-20(21(18)24)11-13-1-5-15(23)6-2-13/h1-12H/b20-11-. The zero-order valence-corrected chi connectivity index (χ0v) is 17.8. The van der Waals surface area contributed by atoms with Crippen molar-refractivity contribution in [3.63, 3.8) is 0 Å². The number of hydrogen-bond acceptors (Lipinski definition) is 5. The van der Waals surface area contributed by atoms with E-state index in [1.807, 2.05) is 0 Å². The van der Waals surface area contributed by atoms with Crippen LogP contribution in [-0.4, -0.2) is 14.2 Å². The Bertz CT molecular complexity index is 1230. The molecule has 0 spiro atoms. The molecule has 0 N–H and O–H groups in total. The molecule has 0 aliphatic carbocycles. The number of ether oxygens (including phenoxy) is 1. The normalized spacial score (nSPS) is 14.6. The molecular weight excluding hydrogens is 480 g/mol. The molecule has 1 heterocycles. The minimum absolute atomic E-state index is 0.0153. The maximum absolute atomic E-state index is 12.5. The predicted octanol–water partition coefficient (Wildman–Crippen LogP) is 5.49. The zero-order chi connectivity index (χ0) is 20.6. The summed E-state index contributed by atoms with van der Waals surface area (Å²) in [4.78, 5) is 12.6. The van der Waals surface area contributed by atoms with Gasteiger partial charge in [-0.1, -0.05) is 39.7 Å². The predicted molar refractivity (Wildman–Crippen MR) is 113 cm³/mol. The molecule has 5 nitrogen and oxygen atoms in total. The third-order valence-corrected chi connectivity index (χ3v) is 6.16. The summed E-state index contributed by atoms with van der Waals surface area (Å²) in [6, 6.07) is 17.3. The van der Waals surface area contributed by atoms with Gasteiger partial charge in [-0.25, -0.2) is 0 Å². The van der Waals surface area contributed by atoms with Gasteiger partial charge in [0.1, 0.15) is 16.4 Å². The molecule has 0 bridgehead atoms. The molecule has 8 heteroatoms. The van der Waals surface area contributed by atoms with Crippen LogP contribution in [0.4, 0.5) is 0 Å². The molecule has 0 aromatic heterocycles. The fourth-order valence-electron chi connectivity index (χ4n) is 2.71. The lowest BCUT2D eigenvalue weighted by Crippen LogP contribution is -2.09. The zero-order valence-electron chi connectivity index (χ0n) is 14.6. The number of Topliss-reactive ketones (excluding diaryl/α,β-unsaturated/α-hetero) is 1. The first kappa shape index (κ1) is 19.7. The molecule has 3 aromatic rings. The number of ketones is 1. The van der Waals surface area contributed by atoms with Crippen molar-refractivity contribution in [2.75, 3.05) is 0 Å². The van der Waals surface area contributed by atoms with Gasteiger partial charge in [0.25, 0.3) is 0 Å². The second-order valence-corrected chi connectivity index (χ2v) is 9.04. The third kappa shape index (κ3) is 4.22. The topological polar surface area (TPSA) is 69.7 Å². The Labute approximate surface area is 180 Å². The fourth-order valence-corrected chi connectivity index (χ4v) is 4.02. The molecular formula is C21H12BrClO5S. The van der Waals surface area contributed by atoms with Gasteiger partial charge in [0.05, 0.1) is 5.56 Å². The summed E-state index contributed by atoms with van der Waals surface area (Å²) in [5.41, 5.74) is 1.08. The van der Waals surface area contributed by atoms with Crippen LogP contribution in [0.3, 0.4) is 0 Å². The fraction of sp³-hybridized carbons (Fsp3) is 0. The van der Waals surface area contributed by atoms with Gasteiger partial charge in [-0.05, 0) is 60.2 Å². The molecule has 0 unspecified atom stereocenters. The molecule has 0 amide bonds. The summed E-state index contributed by atoms with van der Waals surface area (Å²) in [5.74, 6) is 0.124. The van der Waals surface area contributed by atoms with Crippen LogP contribution in [0.2, 0.25) is 5.02 Å². The molecule has 1 aliphatic rings. The van der Waals surface area contributed by atoms with E-state index in [2.05, 4.69) is 15.9 Å². The van der Waals surface area contributed by atoms with E-state index in [9.17, 15) is 13.2 Å². The lowest BCUT2D eigenvalue weighted by Gasteiger charge is -2.08. The molecule has 0 saturated heterocycles. The highest BCUT2D eigenvalue weighted by Crippen LogP contribution is 2.35. The molecule has 29 heavy (non-hydrogen) atoms. The van der Waals surface area contributed by atoms with Crippen LogP contribution in [0.5, 0.6) is 11.5 Å². The van der Waals surface area contributed by atoms with Crippen LogP contribution >= 0.6 is 27.5 Å². The average Bonchev–Trinajstić information content (AvgIpc) is 2.98. The van der Waals surface area contributed by atoms with Crippen LogP contribution in [0.15, 0.2) is 81.9 Å². The maximum atomic E-state index is 12.5. The Hall–Kier alpha value is -2.61. The Balaban J connectivity index is 1.59. The maximum Gasteiger partial charge on any atom is 0.339 e. The summed E-state index contributed by atoms with van der Waals surface area (Å²) in [6.07, 6.45) is 1.60. The largest absolute Gasteiger partial charge is 0.452 e. The number of benzene rings is 3. The lowest BCUT2D eigenvalue weighted by atomic mass is 10.1. The van der Waals surface area contributed by atoms with Crippen LogP contribution < -0.4 is 8.92 Å². The number of carbonyl (C=O) groups excluding carboxylic acids is 1. The molecule has 1 aliphatic heterocycles. The first-order valence-corrected chi connectivity index (χ1v) is 10.9. The van der Waals surface area contributed by atoms with Gasteiger partial charge in [-0.15, -0.1) is 0 Å². The Kier molecular flexibility index (Phi) is 5.21. The first-order valence-electron chi connectivity index (χ1n) is 8.36. The van der Waals surface area contributed by atoms with E-state index < -0.39 is 10.1 Å². The number of carbonyl (C=O) groups is 1. The monoisotopic (exact) mass is 490 g/mol. The minimum Gasteiger partial charge on any atom is -0.452 e. The van der Waals surface area contributed by atoms with Crippen molar-refractivity contribution in [2.24, 2.45) is 0 Å². The van der Waals surface area contributed by atoms with Crippen LogP contribution in [0.25, 0.3) is 6.08 Å². The van der Waals surface area contributed by atoms with Crippen molar-refractivity contribution >= 4 is 49.5 Å². The molecule has 0 radical (unpaired) electrons. The van der Waals surface area contributed by atoms with E-state index >= 15 is 0 Å². The second-order valence-electron chi connectivity index (χ2n) is 6.14. The van der Waals surface area contributed by atoms with Crippen LogP contribution in [0.1, 0.15) is 15.9 Å². The summed E-state index contributed by atoms with van der Waals surface area (Å²) in [6.45, 7) is 0. The quantitative estimate of drug-likeness (QED) is 0.357. The number of allylic oxidation sites excluding steroid dienone is 1. The third-order valence-electron chi connectivity index (χ3n) is 4.12. The minimum atomic E-state index is -4.02. The van der Waals surface area contributed by atoms with Gasteiger partial charge in [-0.3, -0.25) is 4.79 Å². The van der Waals surface area contributed by atoms with Gasteiger partial charge < -0.3 is 8.92 Å². The number of halogens is 2. The van der Waals surface area contributed by atoms with E-state index in [0.717, 1.165) is 10.0 Å². The molecule has 146 valence electrons. The molecule has 0 atom stereocenters. The Morgan fingerprint density at radius 3 is 2.34 bits per heavy atom. The molecule has 0 fully saturated rings. The van der Waals surface area contributed by atoms with Crippen LogP contribution in [0, 0.1) is 0 Å². The number of rotatable bonds is 4. The highest BCUT2D eigenvalue weighted by molar-refractivity contribution is 9.10. The van der Waals surface area contributed by atoms with Crippen molar-refractivity contribution < 1.29 is 22.1 Å². The Morgan fingerprint density at radius 1 is 0.966 bits per heavy atom. The van der Waals surface area contributed by atoms with Crippen molar-refractivity contribution in [3.8, 4) is 11.5 Å². The van der Waals surface area contributed by atoms with Gasteiger partial charge >= 0.3 is 10.1 Å². The summed E-state index contributed by atoms with van der Waals surface area (Å²) in [5, 5.41) is 0.586. The van der Waals surface area contributed by atoms with Gasteiger partial charge in [0.2, 0.25) is 5.78 Å². The van der Waals surface area contributed by atoms with E-state index in [1.165, 1.54) is 30.3 Å². The Morgan fingerprint density at radius 2 is 1.66 bits per heavy atom. The van der Waals surface area contributed by atoms with E-state index in [-0.39, 0.29) is 27.9 Å². The van der Waals surface area contributed by atoms with Crippen molar-refractivity contribution in [1.29, 1.82) is 0 Å². The van der Waals surface area contributed by atoms with Crippen LogP contribution in [-0.2, 0) is 10.1 Å². The van der Waals surface area contributed by atoms with Gasteiger partial charge in [0.15, 0.2) is 5.76 Å². The highest BCUT2D eigenvalue weighted by Gasteiger charge is 2.28. The molecule has 3 aromatic carbocycles. The van der Waals surface area contributed by atoms with Crippen molar-refractivity contribution in [3.05, 3.63) is 93.1 Å². The SMILES string of the molecule is O=C1/C(=C/c2ccc(Cl)cc2)Oc2cc(OS(=O)(=O)c3ccc(Br)cc3)ccc21. The van der Waals surface area contributed by atoms with Crippen molar-refractivity contribution in [2.45, 2.75) is 4.90 Å². The number of fused-ring (bicyclic) bond motifs is 1. The van der Waals surface area contributed by atoms with Gasteiger partial charge in [0, 0.05) is 15.6 Å². The highest BCUT2D eigenvalue weighted by atomic mass is 79.9. The summed E-state index contributed by atoms with van der Waals surface area (Å²) < 4.78 is 36.5. The smallest absolute Gasteiger partial charge is 0.339 e. The summed E-state index contributed by atoms with van der Waals surface area (Å²) >= 11 is 9.12. The van der Waals surface area contributed by atoms with Crippen molar-refractivity contribution in [1.82, 2.24) is 0 Å². The van der Waals surface area contributed by atoms with E-state index in [1.54, 1.807) is 42.5 Å². The molecule has 4 rings (SSSR count). The molecule has 0 saturated carbocycles. The van der Waals surface area contributed by atoms with Gasteiger partial charge in [-0.2, -0.15) is 8.42 Å². The average molecular weight is 492 g/mol. The summed E-state index contributed by atoms with van der Waals surface area (Å²) in [7, 11) is -4.02. The van der Waals surface area contributed by atoms with E-state index in [4.69, 9.17) is 20.5 Å². The van der Waals surface area contributed by atoms with E-state index in [0.29, 0.717) is 10.6 Å². The second kappa shape index (κ2) is 7.67.